The zero-order chi connectivity index (χ0) is 9.42. The second-order valence-electron chi connectivity index (χ2n) is 2.49. The molecule has 1 aromatic rings. The number of rotatable bonds is 1. The summed E-state index contributed by atoms with van der Waals surface area (Å²) in [6, 6.07) is 3.14. The fourth-order valence-electron chi connectivity index (χ4n) is 1.21. The Balaban J connectivity index is 2.60. The van der Waals surface area contributed by atoms with E-state index in [0.717, 1.165) is 5.06 Å². The zero-order valence-corrected chi connectivity index (χ0v) is 6.85. The maximum Gasteiger partial charge on any atom is 0.324 e. The summed E-state index contributed by atoms with van der Waals surface area (Å²) in [4.78, 5) is 31.1. The van der Waals surface area contributed by atoms with Gasteiger partial charge in [-0.05, 0) is 12.1 Å². The quantitative estimate of drug-likeness (QED) is 0.575. The molecule has 13 heavy (non-hydrogen) atoms. The SMILES string of the molecule is CON1C(=O)C(=O)c2cccnc21. The average Bonchev–Trinajstić information content (AvgIpc) is 2.41. The minimum absolute atomic E-state index is 0.264. The lowest BCUT2D eigenvalue weighted by atomic mass is 10.2. The van der Waals surface area contributed by atoms with Crippen LogP contribution in [0.1, 0.15) is 10.4 Å². The van der Waals surface area contributed by atoms with Crippen LogP contribution in [-0.2, 0) is 9.63 Å². The Morgan fingerprint density at radius 3 is 2.92 bits per heavy atom. The van der Waals surface area contributed by atoms with Crippen molar-refractivity contribution >= 4 is 17.5 Å². The number of hydrogen-bond acceptors (Lipinski definition) is 4. The summed E-state index contributed by atoms with van der Waals surface area (Å²) < 4.78 is 0. The predicted molar refractivity (Wildman–Crippen MR) is 43.1 cm³/mol. The second kappa shape index (κ2) is 2.63. The molecule has 1 amide bonds. The Hall–Kier alpha value is -1.75. The minimum Gasteiger partial charge on any atom is -0.283 e. The first-order chi connectivity index (χ1) is 6.25. The predicted octanol–water partition coefficient (Wildman–Crippen LogP) is 0.172. The van der Waals surface area contributed by atoms with Crippen LogP contribution in [0.2, 0.25) is 0 Å². The van der Waals surface area contributed by atoms with Gasteiger partial charge in [-0.3, -0.25) is 14.4 Å². The zero-order valence-electron chi connectivity index (χ0n) is 6.85. The largest absolute Gasteiger partial charge is 0.324 e. The van der Waals surface area contributed by atoms with Crippen LogP contribution in [0, 0.1) is 0 Å². The van der Waals surface area contributed by atoms with Gasteiger partial charge in [-0.2, -0.15) is 5.06 Å². The molecule has 1 aliphatic rings. The van der Waals surface area contributed by atoms with Crippen molar-refractivity contribution in [1.29, 1.82) is 0 Å². The highest BCUT2D eigenvalue weighted by molar-refractivity contribution is 6.51. The van der Waals surface area contributed by atoms with Crippen LogP contribution in [0.4, 0.5) is 5.82 Å². The first-order valence-electron chi connectivity index (χ1n) is 3.63. The lowest BCUT2D eigenvalue weighted by molar-refractivity contribution is -0.119. The van der Waals surface area contributed by atoms with Crippen LogP contribution in [-0.4, -0.2) is 23.8 Å². The Labute approximate surface area is 73.9 Å². The standard InChI is InChI=1S/C8H6N2O3/c1-13-10-7-5(3-2-4-9-7)6(11)8(10)12/h2-4H,1H3. The van der Waals surface area contributed by atoms with Gasteiger partial charge < -0.3 is 0 Å². The molecule has 0 saturated carbocycles. The monoisotopic (exact) mass is 178 g/mol. The van der Waals surface area contributed by atoms with E-state index in [4.69, 9.17) is 4.84 Å². The number of carbonyl (C=O) groups is 2. The highest BCUT2D eigenvalue weighted by Crippen LogP contribution is 2.25. The van der Waals surface area contributed by atoms with Crippen molar-refractivity contribution in [2.24, 2.45) is 0 Å². The highest BCUT2D eigenvalue weighted by atomic mass is 16.7. The number of pyridine rings is 1. The molecule has 2 rings (SSSR count). The fraction of sp³-hybridized carbons (Fsp3) is 0.125. The van der Waals surface area contributed by atoms with Gasteiger partial charge in [-0.1, -0.05) is 0 Å². The number of ketones is 1. The number of Topliss-reactive ketones (excluding diaryl/α,β-unsaturated/α-hetero) is 1. The Morgan fingerprint density at radius 2 is 2.23 bits per heavy atom. The maximum absolute atomic E-state index is 11.3. The van der Waals surface area contributed by atoms with Crippen molar-refractivity contribution in [3.05, 3.63) is 23.9 Å². The van der Waals surface area contributed by atoms with Crippen LogP contribution in [0.5, 0.6) is 0 Å². The first-order valence-corrected chi connectivity index (χ1v) is 3.63. The lowest BCUT2D eigenvalue weighted by Crippen LogP contribution is -2.28. The summed E-state index contributed by atoms with van der Waals surface area (Å²) in [7, 11) is 1.31. The molecule has 0 atom stereocenters. The number of amides is 1. The average molecular weight is 178 g/mol. The molecular weight excluding hydrogens is 172 g/mol. The normalized spacial score (nSPS) is 15.0. The van der Waals surface area contributed by atoms with Gasteiger partial charge in [0.1, 0.15) is 0 Å². The van der Waals surface area contributed by atoms with Crippen LogP contribution in [0.3, 0.4) is 0 Å². The molecule has 0 saturated heterocycles. The number of hydrogen-bond donors (Lipinski definition) is 0. The molecule has 0 fully saturated rings. The molecule has 0 aromatic carbocycles. The number of aromatic nitrogens is 1. The van der Waals surface area contributed by atoms with Gasteiger partial charge in [0.25, 0.3) is 5.78 Å². The van der Waals surface area contributed by atoms with E-state index >= 15 is 0 Å². The van der Waals surface area contributed by atoms with Gasteiger partial charge in [-0.25, -0.2) is 4.98 Å². The van der Waals surface area contributed by atoms with Gasteiger partial charge in [-0.15, -0.1) is 0 Å². The summed E-state index contributed by atoms with van der Waals surface area (Å²) in [5, 5.41) is 0.887. The van der Waals surface area contributed by atoms with Crippen molar-refractivity contribution in [2.75, 3.05) is 12.2 Å². The van der Waals surface area contributed by atoms with E-state index in [9.17, 15) is 9.59 Å². The molecule has 0 aliphatic carbocycles. The highest BCUT2D eigenvalue weighted by Gasteiger charge is 2.37. The Bertz CT molecular complexity index is 389. The molecule has 0 bridgehead atoms. The molecule has 0 radical (unpaired) electrons. The summed E-state index contributed by atoms with van der Waals surface area (Å²) in [5.74, 6) is -1.01. The fourth-order valence-corrected chi connectivity index (χ4v) is 1.21. The number of hydroxylamine groups is 1. The third kappa shape index (κ3) is 0.940. The first kappa shape index (κ1) is 7.88. The van der Waals surface area contributed by atoms with Crippen molar-refractivity contribution in [1.82, 2.24) is 4.98 Å². The van der Waals surface area contributed by atoms with Crippen molar-refractivity contribution in [2.45, 2.75) is 0 Å². The van der Waals surface area contributed by atoms with Crippen LogP contribution in [0.25, 0.3) is 0 Å². The van der Waals surface area contributed by atoms with E-state index in [0.29, 0.717) is 0 Å². The van der Waals surface area contributed by atoms with Crippen molar-refractivity contribution in [3.8, 4) is 0 Å². The van der Waals surface area contributed by atoms with E-state index < -0.39 is 11.7 Å². The molecule has 1 aromatic heterocycles. The van der Waals surface area contributed by atoms with Gasteiger partial charge in [0.15, 0.2) is 5.82 Å². The smallest absolute Gasteiger partial charge is 0.283 e. The molecule has 1 aliphatic heterocycles. The van der Waals surface area contributed by atoms with E-state index in [-0.39, 0.29) is 11.4 Å². The maximum atomic E-state index is 11.3. The van der Waals surface area contributed by atoms with Crippen LogP contribution < -0.4 is 5.06 Å². The van der Waals surface area contributed by atoms with E-state index in [1.165, 1.54) is 13.3 Å². The topological polar surface area (TPSA) is 59.5 Å². The number of anilines is 1. The Morgan fingerprint density at radius 1 is 1.46 bits per heavy atom. The molecule has 66 valence electrons. The van der Waals surface area contributed by atoms with E-state index in [2.05, 4.69) is 4.98 Å². The summed E-state index contributed by atoms with van der Waals surface area (Å²) >= 11 is 0. The second-order valence-corrected chi connectivity index (χ2v) is 2.49. The summed E-state index contributed by atoms with van der Waals surface area (Å²) in [6.45, 7) is 0. The summed E-state index contributed by atoms with van der Waals surface area (Å²) in [5.41, 5.74) is 0.286. The van der Waals surface area contributed by atoms with Gasteiger partial charge in [0, 0.05) is 6.20 Å². The van der Waals surface area contributed by atoms with E-state index in [1.807, 2.05) is 0 Å². The van der Waals surface area contributed by atoms with Gasteiger partial charge >= 0.3 is 5.91 Å². The number of carbonyl (C=O) groups excluding carboxylic acids is 2. The molecule has 5 heteroatoms. The Kier molecular flexibility index (Phi) is 1.60. The van der Waals surface area contributed by atoms with Gasteiger partial charge in [0.05, 0.1) is 12.7 Å². The minimum atomic E-state index is -0.698. The lowest BCUT2D eigenvalue weighted by Gasteiger charge is -2.09. The van der Waals surface area contributed by atoms with Crippen molar-refractivity contribution in [3.63, 3.8) is 0 Å². The molecule has 2 heterocycles. The molecular formula is C8H6N2O3. The third-order valence-electron chi connectivity index (χ3n) is 1.78. The molecule has 0 unspecified atom stereocenters. The van der Waals surface area contributed by atoms with Crippen LogP contribution >= 0.6 is 0 Å². The van der Waals surface area contributed by atoms with Gasteiger partial charge in [0.2, 0.25) is 0 Å². The van der Waals surface area contributed by atoms with E-state index in [1.54, 1.807) is 12.1 Å². The molecule has 5 nitrogen and oxygen atoms in total. The van der Waals surface area contributed by atoms with Crippen molar-refractivity contribution < 1.29 is 14.4 Å². The summed E-state index contributed by atoms with van der Waals surface area (Å²) in [6.07, 6.45) is 1.50. The van der Waals surface area contributed by atoms with Crippen LogP contribution in [0.15, 0.2) is 18.3 Å². The number of fused-ring (bicyclic) bond motifs is 1. The number of nitrogens with zero attached hydrogens (tertiary/aromatic N) is 2. The molecule has 0 spiro atoms. The molecule has 0 N–H and O–H groups in total. The third-order valence-corrected chi connectivity index (χ3v) is 1.78.